The van der Waals surface area contributed by atoms with Gasteiger partial charge in [0.15, 0.2) is 0 Å². The first-order valence-electron chi connectivity index (χ1n) is 6.69. The lowest BCUT2D eigenvalue weighted by molar-refractivity contribution is -0.112. The van der Waals surface area contributed by atoms with Crippen LogP contribution >= 0.6 is 11.6 Å². The van der Waals surface area contributed by atoms with Crippen LogP contribution in [0.25, 0.3) is 0 Å². The van der Waals surface area contributed by atoms with Crippen LogP contribution in [0.4, 0.5) is 11.4 Å². The molecule has 2 aromatic rings. The van der Waals surface area contributed by atoms with Crippen molar-refractivity contribution in [1.29, 1.82) is 5.26 Å². The van der Waals surface area contributed by atoms with E-state index in [1.807, 2.05) is 18.2 Å². The number of nitriles is 1. The van der Waals surface area contributed by atoms with E-state index < -0.39 is 5.91 Å². The zero-order chi connectivity index (χ0) is 16.7. The molecule has 1 aromatic heterocycles. The van der Waals surface area contributed by atoms with Crippen LogP contribution < -0.4 is 16.4 Å². The minimum atomic E-state index is -0.558. The van der Waals surface area contributed by atoms with Crippen molar-refractivity contribution in [3.05, 3.63) is 65.1 Å². The van der Waals surface area contributed by atoms with E-state index in [9.17, 15) is 4.79 Å². The second-order valence-corrected chi connectivity index (χ2v) is 5.01. The van der Waals surface area contributed by atoms with Crippen molar-refractivity contribution in [2.24, 2.45) is 0 Å². The predicted molar refractivity (Wildman–Crippen MR) is 89.3 cm³/mol. The van der Waals surface area contributed by atoms with E-state index in [0.717, 1.165) is 5.56 Å². The van der Waals surface area contributed by atoms with Gasteiger partial charge in [0.1, 0.15) is 11.6 Å². The van der Waals surface area contributed by atoms with E-state index in [0.29, 0.717) is 22.9 Å². The van der Waals surface area contributed by atoms with Crippen LogP contribution in [-0.2, 0) is 11.3 Å². The van der Waals surface area contributed by atoms with E-state index in [1.165, 1.54) is 12.3 Å². The molecule has 23 heavy (non-hydrogen) atoms. The molecule has 2 rings (SSSR count). The molecule has 0 saturated heterocycles. The molecule has 0 spiro atoms. The first-order chi connectivity index (χ1) is 11.1. The first-order valence-corrected chi connectivity index (χ1v) is 7.07. The van der Waals surface area contributed by atoms with E-state index in [1.54, 1.807) is 24.5 Å². The fourth-order valence-electron chi connectivity index (χ4n) is 1.74. The summed E-state index contributed by atoms with van der Waals surface area (Å²) in [6.07, 6.45) is 4.72. The SMILES string of the molecule is N#C/C(=C/NCc1cccnc1)C(=O)Nc1ccc(N)cc1Cl. The van der Waals surface area contributed by atoms with Gasteiger partial charge in [-0.1, -0.05) is 17.7 Å². The van der Waals surface area contributed by atoms with Crippen LogP contribution in [0.1, 0.15) is 5.56 Å². The van der Waals surface area contributed by atoms with E-state index in [2.05, 4.69) is 15.6 Å². The maximum atomic E-state index is 12.1. The molecule has 116 valence electrons. The minimum Gasteiger partial charge on any atom is -0.399 e. The molecule has 1 heterocycles. The largest absolute Gasteiger partial charge is 0.399 e. The number of anilines is 2. The van der Waals surface area contributed by atoms with Gasteiger partial charge in [-0.15, -0.1) is 0 Å². The van der Waals surface area contributed by atoms with Gasteiger partial charge in [-0.2, -0.15) is 5.26 Å². The topological polar surface area (TPSA) is 104 Å². The van der Waals surface area contributed by atoms with Crippen molar-refractivity contribution in [3.8, 4) is 6.07 Å². The number of nitrogens with zero attached hydrogens (tertiary/aromatic N) is 2. The van der Waals surface area contributed by atoms with Gasteiger partial charge in [0.25, 0.3) is 5.91 Å². The number of halogens is 1. The Bertz CT molecular complexity index is 768. The summed E-state index contributed by atoms with van der Waals surface area (Å²) in [5.41, 5.74) is 7.33. The second kappa shape index (κ2) is 7.82. The van der Waals surface area contributed by atoms with Crippen molar-refractivity contribution < 1.29 is 4.79 Å². The summed E-state index contributed by atoms with van der Waals surface area (Å²) in [6, 6.07) is 10.2. The molecule has 0 aliphatic carbocycles. The van der Waals surface area contributed by atoms with E-state index in [-0.39, 0.29) is 5.57 Å². The fraction of sp³-hybridized carbons (Fsp3) is 0.0625. The van der Waals surface area contributed by atoms with Crippen molar-refractivity contribution in [1.82, 2.24) is 10.3 Å². The Hall–Kier alpha value is -3.04. The molecule has 0 bridgehead atoms. The Morgan fingerprint density at radius 1 is 1.43 bits per heavy atom. The van der Waals surface area contributed by atoms with Crippen LogP contribution in [0.3, 0.4) is 0 Å². The molecule has 0 aliphatic rings. The molecule has 6 nitrogen and oxygen atoms in total. The first kappa shape index (κ1) is 16.3. The smallest absolute Gasteiger partial charge is 0.267 e. The quantitative estimate of drug-likeness (QED) is 0.444. The van der Waals surface area contributed by atoms with Crippen molar-refractivity contribution >= 4 is 28.9 Å². The molecule has 0 fully saturated rings. The summed E-state index contributed by atoms with van der Waals surface area (Å²) in [5, 5.41) is 14.9. The third-order valence-electron chi connectivity index (χ3n) is 2.88. The third kappa shape index (κ3) is 4.73. The average Bonchev–Trinajstić information content (AvgIpc) is 2.55. The van der Waals surface area contributed by atoms with Gasteiger partial charge in [-0.3, -0.25) is 9.78 Å². The summed E-state index contributed by atoms with van der Waals surface area (Å²) < 4.78 is 0. The van der Waals surface area contributed by atoms with Gasteiger partial charge in [0, 0.05) is 30.8 Å². The standard InChI is InChI=1S/C16H14ClN5O/c17-14-6-13(19)3-4-15(14)22-16(23)12(7-18)10-21-9-11-2-1-5-20-8-11/h1-6,8,10,21H,9,19H2,(H,22,23)/b12-10-. The molecule has 1 amide bonds. The number of hydrogen-bond donors (Lipinski definition) is 3. The number of carbonyl (C=O) groups is 1. The molecule has 7 heteroatoms. The van der Waals surface area contributed by atoms with Crippen LogP contribution in [0.5, 0.6) is 0 Å². The molecular weight excluding hydrogens is 314 g/mol. The maximum absolute atomic E-state index is 12.1. The number of pyridine rings is 1. The summed E-state index contributed by atoms with van der Waals surface area (Å²) in [4.78, 5) is 16.1. The Balaban J connectivity index is 2.00. The average molecular weight is 328 g/mol. The fourth-order valence-corrected chi connectivity index (χ4v) is 1.98. The Morgan fingerprint density at radius 2 is 2.26 bits per heavy atom. The van der Waals surface area contributed by atoms with Gasteiger partial charge in [-0.25, -0.2) is 0 Å². The molecule has 0 saturated carbocycles. The van der Waals surface area contributed by atoms with Gasteiger partial charge in [0.2, 0.25) is 0 Å². The Kier molecular flexibility index (Phi) is 5.56. The molecule has 0 unspecified atom stereocenters. The van der Waals surface area contributed by atoms with Gasteiger partial charge in [-0.05, 0) is 29.8 Å². The van der Waals surface area contributed by atoms with Crippen LogP contribution in [-0.4, -0.2) is 10.9 Å². The zero-order valence-corrected chi connectivity index (χ0v) is 12.8. The number of carbonyl (C=O) groups excluding carboxylic acids is 1. The minimum absolute atomic E-state index is 0.0678. The summed E-state index contributed by atoms with van der Waals surface area (Å²) >= 11 is 5.99. The Morgan fingerprint density at radius 3 is 2.91 bits per heavy atom. The van der Waals surface area contributed by atoms with Crippen LogP contribution in [0, 0.1) is 11.3 Å². The van der Waals surface area contributed by atoms with E-state index >= 15 is 0 Å². The zero-order valence-electron chi connectivity index (χ0n) is 12.1. The monoisotopic (exact) mass is 327 g/mol. The summed E-state index contributed by atoms with van der Waals surface area (Å²) in [7, 11) is 0. The van der Waals surface area contributed by atoms with Gasteiger partial charge < -0.3 is 16.4 Å². The van der Waals surface area contributed by atoms with Crippen LogP contribution in [0.2, 0.25) is 5.02 Å². The molecule has 0 aliphatic heterocycles. The molecule has 0 radical (unpaired) electrons. The van der Waals surface area contributed by atoms with Crippen molar-refractivity contribution in [2.45, 2.75) is 6.54 Å². The summed E-state index contributed by atoms with van der Waals surface area (Å²) in [5.74, 6) is -0.558. The van der Waals surface area contributed by atoms with Gasteiger partial charge >= 0.3 is 0 Å². The number of amides is 1. The number of nitrogens with one attached hydrogen (secondary N) is 2. The molecule has 1 aromatic carbocycles. The highest BCUT2D eigenvalue weighted by Gasteiger charge is 2.11. The predicted octanol–water partition coefficient (Wildman–Crippen LogP) is 2.45. The van der Waals surface area contributed by atoms with E-state index in [4.69, 9.17) is 22.6 Å². The highest BCUT2D eigenvalue weighted by molar-refractivity contribution is 6.34. The van der Waals surface area contributed by atoms with Crippen LogP contribution in [0.15, 0.2) is 54.5 Å². The maximum Gasteiger partial charge on any atom is 0.267 e. The number of benzene rings is 1. The molecule has 0 atom stereocenters. The Labute approximate surface area is 138 Å². The highest BCUT2D eigenvalue weighted by atomic mass is 35.5. The molecule has 4 N–H and O–H groups in total. The lowest BCUT2D eigenvalue weighted by atomic mass is 10.2. The summed E-state index contributed by atoms with van der Waals surface area (Å²) in [6.45, 7) is 0.453. The van der Waals surface area contributed by atoms with Crippen molar-refractivity contribution in [2.75, 3.05) is 11.1 Å². The normalized spacial score (nSPS) is 10.7. The number of aromatic nitrogens is 1. The van der Waals surface area contributed by atoms with Crippen molar-refractivity contribution in [3.63, 3.8) is 0 Å². The van der Waals surface area contributed by atoms with Gasteiger partial charge in [0.05, 0.1) is 10.7 Å². The second-order valence-electron chi connectivity index (χ2n) is 4.61. The number of nitrogen functional groups attached to an aromatic ring is 1. The highest BCUT2D eigenvalue weighted by Crippen LogP contribution is 2.24. The lowest BCUT2D eigenvalue weighted by Crippen LogP contribution is -2.17. The number of rotatable bonds is 5. The lowest BCUT2D eigenvalue weighted by Gasteiger charge is -2.07. The number of nitrogens with two attached hydrogens (primary N) is 1. The molecular formula is C16H14ClN5O. The third-order valence-corrected chi connectivity index (χ3v) is 3.19. The number of hydrogen-bond acceptors (Lipinski definition) is 5.